The first-order valence-corrected chi connectivity index (χ1v) is 7.33. The zero-order valence-corrected chi connectivity index (χ0v) is 10.6. The van der Waals surface area contributed by atoms with Gasteiger partial charge in [0.05, 0.1) is 0 Å². The third-order valence-electron chi connectivity index (χ3n) is 4.31. The van der Waals surface area contributed by atoms with E-state index in [0.29, 0.717) is 12.5 Å². The summed E-state index contributed by atoms with van der Waals surface area (Å²) in [6.45, 7) is 2.00. The van der Waals surface area contributed by atoms with Crippen LogP contribution in [0.25, 0.3) is 0 Å². The molecule has 0 saturated heterocycles. The van der Waals surface area contributed by atoms with Crippen molar-refractivity contribution in [2.24, 2.45) is 17.8 Å². The topological polar surface area (TPSA) is 41.1 Å². The number of rotatable bonds is 8. The van der Waals surface area contributed by atoms with E-state index in [2.05, 4.69) is 10.6 Å². The van der Waals surface area contributed by atoms with Gasteiger partial charge >= 0.3 is 0 Å². The fraction of sp³-hybridized carbons (Fsp3) is 0.929. The summed E-state index contributed by atoms with van der Waals surface area (Å²) in [5.41, 5.74) is 0. The lowest BCUT2D eigenvalue weighted by atomic mass is 9.98. The third-order valence-corrected chi connectivity index (χ3v) is 4.31. The Morgan fingerprint density at radius 3 is 2.24 bits per heavy atom. The maximum absolute atomic E-state index is 11.5. The van der Waals surface area contributed by atoms with Crippen LogP contribution in [-0.2, 0) is 4.79 Å². The van der Waals surface area contributed by atoms with Crippen molar-refractivity contribution < 1.29 is 4.79 Å². The highest BCUT2D eigenvalue weighted by atomic mass is 16.1. The molecule has 3 aliphatic rings. The maximum Gasteiger partial charge on any atom is 0.221 e. The van der Waals surface area contributed by atoms with Crippen molar-refractivity contribution in [1.29, 1.82) is 0 Å². The Labute approximate surface area is 104 Å². The first-order valence-electron chi connectivity index (χ1n) is 7.33. The highest BCUT2D eigenvalue weighted by Gasteiger charge is 2.40. The highest BCUT2D eigenvalue weighted by molar-refractivity contribution is 5.76. The Morgan fingerprint density at radius 1 is 1.06 bits per heavy atom. The minimum absolute atomic E-state index is 0.231. The molecule has 2 N–H and O–H groups in total. The van der Waals surface area contributed by atoms with Crippen molar-refractivity contribution in [2.75, 3.05) is 13.1 Å². The average Bonchev–Trinajstić information content (AvgIpc) is 3.12. The summed E-state index contributed by atoms with van der Waals surface area (Å²) in [5, 5.41) is 6.53. The molecule has 0 aliphatic heterocycles. The molecule has 3 nitrogen and oxygen atoms in total. The van der Waals surface area contributed by atoms with Gasteiger partial charge in [-0.05, 0) is 62.8 Å². The van der Waals surface area contributed by atoms with Crippen LogP contribution in [0.5, 0.6) is 0 Å². The molecule has 0 bridgehead atoms. The van der Waals surface area contributed by atoms with E-state index in [0.717, 1.165) is 30.8 Å². The van der Waals surface area contributed by atoms with Crippen molar-refractivity contribution in [3.05, 3.63) is 0 Å². The van der Waals surface area contributed by atoms with Crippen LogP contribution in [0, 0.1) is 17.8 Å². The first-order chi connectivity index (χ1) is 8.33. The summed E-state index contributed by atoms with van der Waals surface area (Å²) in [6, 6.07) is 0.508. The second kappa shape index (κ2) is 4.97. The molecule has 96 valence electrons. The normalized spacial score (nSPS) is 24.1. The van der Waals surface area contributed by atoms with Crippen LogP contribution in [-0.4, -0.2) is 25.0 Å². The number of carbonyl (C=O) groups is 1. The zero-order chi connectivity index (χ0) is 11.7. The van der Waals surface area contributed by atoms with Crippen molar-refractivity contribution in [1.82, 2.24) is 10.6 Å². The van der Waals surface area contributed by atoms with E-state index >= 15 is 0 Å². The third kappa shape index (κ3) is 3.70. The Bertz CT molecular complexity index is 268. The molecule has 0 aromatic rings. The van der Waals surface area contributed by atoms with E-state index in [4.69, 9.17) is 0 Å². The van der Waals surface area contributed by atoms with Gasteiger partial charge in [-0.1, -0.05) is 0 Å². The molecule has 3 aliphatic carbocycles. The maximum atomic E-state index is 11.5. The molecule has 3 heteroatoms. The van der Waals surface area contributed by atoms with Crippen LogP contribution in [0.15, 0.2) is 0 Å². The van der Waals surface area contributed by atoms with Gasteiger partial charge in [-0.25, -0.2) is 0 Å². The van der Waals surface area contributed by atoms with Gasteiger partial charge in [0.25, 0.3) is 0 Å². The molecule has 0 aromatic carbocycles. The van der Waals surface area contributed by atoms with E-state index in [1.165, 1.54) is 38.5 Å². The summed E-state index contributed by atoms with van der Waals surface area (Å²) in [4.78, 5) is 11.5. The van der Waals surface area contributed by atoms with Crippen LogP contribution < -0.4 is 10.6 Å². The van der Waals surface area contributed by atoms with Gasteiger partial charge in [-0.15, -0.1) is 0 Å². The fourth-order valence-electron chi connectivity index (χ4n) is 2.77. The second-order valence-electron chi connectivity index (χ2n) is 6.13. The molecule has 17 heavy (non-hydrogen) atoms. The molecular weight excluding hydrogens is 212 g/mol. The molecule has 0 radical (unpaired) electrons. The summed E-state index contributed by atoms with van der Waals surface area (Å²) >= 11 is 0. The Balaban J connectivity index is 1.27. The predicted octanol–water partition coefficient (Wildman–Crippen LogP) is 1.68. The van der Waals surface area contributed by atoms with E-state index in [1.54, 1.807) is 0 Å². The monoisotopic (exact) mass is 236 g/mol. The quantitative estimate of drug-likeness (QED) is 0.630. The molecule has 0 aromatic heterocycles. The molecule has 0 unspecified atom stereocenters. The van der Waals surface area contributed by atoms with Crippen molar-refractivity contribution >= 4 is 5.91 Å². The largest absolute Gasteiger partial charge is 0.353 e. The highest BCUT2D eigenvalue weighted by Crippen LogP contribution is 2.48. The van der Waals surface area contributed by atoms with E-state index in [-0.39, 0.29) is 5.91 Å². The van der Waals surface area contributed by atoms with Gasteiger partial charge in [0.2, 0.25) is 5.91 Å². The van der Waals surface area contributed by atoms with Crippen LogP contribution in [0.1, 0.15) is 44.9 Å². The van der Waals surface area contributed by atoms with Crippen molar-refractivity contribution in [3.63, 3.8) is 0 Å². The Kier molecular flexibility index (Phi) is 3.37. The summed E-state index contributed by atoms with van der Waals surface area (Å²) in [5.74, 6) is 3.17. The second-order valence-corrected chi connectivity index (χ2v) is 6.13. The Morgan fingerprint density at radius 2 is 1.71 bits per heavy atom. The van der Waals surface area contributed by atoms with Gasteiger partial charge in [0.1, 0.15) is 0 Å². The Hall–Kier alpha value is -0.570. The molecule has 0 atom stereocenters. The van der Waals surface area contributed by atoms with Crippen molar-refractivity contribution in [2.45, 2.75) is 51.0 Å². The number of nitrogens with one attached hydrogen (secondary N) is 2. The number of hydrogen-bond acceptors (Lipinski definition) is 2. The number of hydrogen-bond donors (Lipinski definition) is 2. The van der Waals surface area contributed by atoms with Gasteiger partial charge in [0, 0.05) is 19.0 Å². The van der Waals surface area contributed by atoms with Crippen LogP contribution in [0.2, 0.25) is 0 Å². The lowest BCUT2D eigenvalue weighted by molar-refractivity contribution is -0.121. The molecule has 3 rings (SSSR count). The molecule has 0 heterocycles. The van der Waals surface area contributed by atoms with Crippen LogP contribution in [0.4, 0.5) is 0 Å². The van der Waals surface area contributed by atoms with Crippen molar-refractivity contribution in [3.8, 4) is 0 Å². The van der Waals surface area contributed by atoms with Gasteiger partial charge in [0.15, 0.2) is 0 Å². The van der Waals surface area contributed by atoms with Gasteiger partial charge < -0.3 is 10.6 Å². The fourth-order valence-corrected chi connectivity index (χ4v) is 2.77. The summed E-state index contributed by atoms with van der Waals surface area (Å²) < 4.78 is 0. The van der Waals surface area contributed by atoms with Crippen LogP contribution >= 0.6 is 0 Å². The van der Waals surface area contributed by atoms with E-state index in [9.17, 15) is 4.79 Å². The lowest BCUT2D eigenvalue weighted by Crippen LogP contribution is -2.31. The lowest BCUT2D eigenvalue weighted by Gasteiger charge is -2.16. The summed E-state index contributed by atoms with van der Waals surface area (Å²) in [6.07, 6.45) is 8.82. The molecular formula is C14H24N2O. The standard InChI is InChI=1S/C14H24N2O/c17-14(16-12-5-6-12)7-8-15-9-13(10-1-2-10)11-3-4-11/h10-13,15H,1-9H2,(H,16,17). The minimum atomic E-state index is 0.231. The molecule has 3 fully saturated rings. The molecule has 3 saturated carbocycles. The van der Waals surface area contributed by atoms with Gasteiger partial charge in [-0.3, -0.25) is 4.79 Å². The molecule has 0 spiro atoms. The van der Waals surface area contributed by atoms with Gasteiger partial charge in [-0.2, -0.15) is 0 Å². The predicted molar refractivity (Wildman–Crippen MR) is 67.6 cm³/mol. The first kappa shape index (κ1) is 11.5. The minimum Gasteiger partial charge on any atom is -0.353 e. The average molecular weight is 236 g/mol. The van der Waals surface area contributed by atoms with Crippen LogP contribution in [0.3, 0.4) is 0 Å². The number of amides is 1. The SMILES string of the molecule is O=C(CCNCC(C1CC1)C1CC1)NC1CC1. The molecule has 1 amide bonds. The van der Waals surface area contributed by atoms with E-state index < -0.39 is 0 Å². The zero-order valence-electron chi connectivity index (χ0n) is 10.6. The summed E-state index contributed by atoms with van der Waals surface area (Å²) in [7, 11) is 0. The van der Waals surface area contributed by atoms with E-state index in [1.807, 2.05) is 0 Å². The smallest absolute Gasteiger partial charge is 0.221 e. The number of carbonyl (C=O) groups excluding carboxylic acids is 1.